The van der Waals surface area contributed by atoms with E-state index < -0.39 is 0 Å². The van der Waals surface area contributed by atoms with Crippen LogP contribution in [0.15, 0.2) is 203 Å². The molecule has 0 aliphatic heterocycles. The van der Waals surface area contributed by atoms with Crippen LogP contribution < -0.4 is 0 Å². The highest BCUT2D eigenvalue weighted by molar-refractivity contribution is 6.13. The molecule has 8 aromatic carbocycles. The molecule has 3 aromatic heterocycles. The van der Waals surface area contributed by atoms with Gasteiger partial charge in [-0.15, -0.1) is 0 Å². The first-order valence-corrected chi connectivity index (χ1v) is 19.2. The summed E-state index contributed by atoms with van der Waals surface area (Å²) in [6.07, 6.45) is 0. The lowest BCUT2D eigenvalue weighted by atomic mass is 9.98. The molecule has 3 heterocycles. The Kier molecular flexibility index (Phi) is 8.04. The van der Waals surface area contributed by atoms with E-state index in [0.717, 1.165) is 72.0 Å². The molecule has 0 fully saturated rings. The van der Waals surface area contributed by atoms with Crippen LogP contribution in [0.2, 0.25) is 0 Å². The van der Waals surface area contributed by atoms with Crippen molar-refractivity contribution in [2.24, 2.45) is 0 Å². The Bertz CT molecular complexity index is 3220. The minimum Gasteiger partial charge on any atom is -0.456 e. The van der Waals surface area contributed by atoms with Gasteiger partial charge in [0.05, 0.1) is 0 Å². The number of hydrogen-bond acceptors (Lipinski definition) is 6. The second-order valence-corrected chi connectivity index (χ2v) is 14.3. The van der Waals surface area contributed by atoms with E-state index in [2.05, 4.69) is 97.1 Å². The summed E-state index contributed by atoms with van der Waals surface area (Å²) in [5.41, 5.74) is 13.3. The molecule has 6 heteroatoms. The summed E-state index contributed by atoms with van der Waals surface area (Å²) < 4.78 is 12.9. The highest BCUT2D eigenvalue weighted by atomic mass is 16.3. The summed E-state index contributed by atoms with van der Waals surface area (Å²) in [7, 11) is 0. The van der Waals surface area contributed by atoms with Crippen molar-refractivity contribution in [1.82, 2.24) is 19.9 Å². The maximum atomic E-state index is 6.46. The van der Waals surface area contributed by atoms with Crippen molar-refractivity contribution in [3.8, 4) is 79.0 Å². The molecule has 11 aromatic rings. The first kappa shape index (κ1) is 33.4. The van der Waals surface area contributed by atoms with Crippen LogP contribution in [0.3, 0.4) is 0 Å². The molecule has 11 rings (SSSR count). The van der Waals surface area contributed by atoms with Gasteiger partial charge in [0.1, 0.15) is 16.7 Å². The van der Waals surface area contributed by atoms with Gasteiger partial charge in [0, 0.05) is 33.0 Å². The zero-order valence-electron chi connectivity index (χ0n) is 31.1. The molecule has 0 N–H and O–H groups in total. The maximum Gasteiger partial charge on any atom is 0.227 e. The zero-order chi connectivity index (χ0) is 38.4. The molecule has 0 saturated heterocycles. The number of oxazole rings is 1. The van der Waals surface area contributed by atoms with Crippen LogP contribution in [-0.4, -0.2) is 19.9 Å². The van der Waals surface area contributed by atoms with Gasteiger partial charge in [-0.05, 0) is 81.9 Å². The van der Waals surface area contributed by atoms with Crippen molar-refractivity contribution in [2.75, 3.05) is 0 Å². The zero-order valence-corrected chi connectivity index (χ0v) is 31.1. The van der Waals surface area contributed by atoms with E-state index in [0.29, 0.717) is 28.9 Å². The molecule has 0 saturated carbocycles. The largest absolute Gasteiger partial charge is 0.456 e. The molecule has 0 atom stereocenters. The third-order valence-corrected chi connectivity index (χ3v) is 10.6. The summed E-state index contributed by atoms with van der Waals surface area (Å²) in [6, 6.07) is 66.0. The highest BCUT2D eigenvalue weighted by Gasteiger charge is 2.19. The van der Waals surface area contributed by atoms with Crippen LogP contribution in [-0.2, 0) is 0 Å². The predicted molar refractivity (Wildman–Crippen MR) is 233 cm³/mol. The molecular formula is C52H32N4O2. The van der Waals surface area contributed by atoms with Gasteiger partial charge in [0.2, 0.25) is 5.89 Å². The molecular weight excluding hydrogens is 713 g/mol. The lowest BCUT2D eigenvalue weighted by molar-refractivity contribution is 0.620. The van der Waals surface area contributed by atoms with Crippen LogP contribution >= 0.6 is 0 Å². The molecule has 0 amide bonds. The smallest absolute Gasteiger partial charge is 0.227 e. The Morgan fingerprint density at radius 2 is 0.810 bits per heavy atom. The standard InChI is InChI=1S/C52H32N4O2/c1-4-13-33(14-5-1)36-19-10-20-37(29-36)38-21-11-22-41(30-38)52-53-44-27-25-40(32-47(44)58-52)39-26-28-45-43(31-39)48-42(23-12-24-46(48)57-45)51-55-49(34-15-6-2-7-16-34)54-50(56-51)35-17-8-3-9-18-35/h1-32H. The highest BCUT2D eigenvalue weighted by Crippen LogP contribution is 2.39. The Balaban J connectivity index is 0.970. The van der Waals surface area contributed by atoms with Gasteiger partial charge in [0.25, 0.3) is 0 Å². The lowest BCUT2D eigenvalue weighted by Crippen LogP contribution is -2.00. The van der Waals surface area contributed by atoms with Crippen molar-refractivity contribution in [2.45, 2.75) is 0 Å². The molecule has 0 spiro atoms. The number of nitrogens with zero attached hydrogens (tertiary/aromatic N) is 4. The van der Waals surface area contributed by atoms with E-state index in [1.165, 1.54) is 11.1 Å². The van der Waals surface area contributed by atoms with E-state index in [-0.39, 0.29) is 0 Å². The minimum atomic E-state index is 0.579. The Labute approximate surface area is 333 Å². The normalized spacial score (nSPS) is 11.4. The van der Waals surface area contributed by atoms with Gasteiger partial charge in [-0.3, -0.25) is 0 Å². The molecule has 0 aliphatic rings. The number of furan rings is 1. The number of rotatable bonds is 7. The van der Waals surface area contributed by atoms with E-state index in [4.69, 9.17) is 28.8 Å². The average Bonchev–Trinajstić information content (AvgIpc) is 3.91. The lowest BCUT2D eigenvalue weighted by Gasteiger charge is -2.09. The molecule has 0 aliphatic carbocycles. The first-order valence-electron chi connectivity index (χ1n) is 19.2. The fourth-order valence-corrected chi connectivity index (χ4v) is 7.69. The SMILES string of the molecule is c1ccc(-c2cccc(-c3cccc(-c4nc5ccc(-c6ccc7oc8cccc(-c9nc(-c%10ccccc%10)nc(-c%10ccccc%10)n9)c8c7c6)cc5o4)c3)c2)cc1. The van der Waals surface area contributed by atoms with Crippen molar-refractivity contribution in [1.29, 1.82) is 0 Å². The molecule has 0 bridgehead atoms. The molecule has 0 radical (unpaired) electrons. The van der Waals surface area contributed by atoms with Crippen molar-refractivity contribution in [3.63, 3.8) is 0 Å². The number of aromatic nitrogens is 4. The molecule has 0 unspecified atom stereocenters. The van der Waals surface area contributed by atoms with E-state index in [1.54, 1.807) is 0 Å². The number of fused-ring (bicyclic) bond motifs is 4. The topological polar surface area (TPSA) is 77.8 Å². The van der Waals surface area contributed by atoms with Gasteiger partial charge in [0.15, 0.2) is 23.1 Å². The third-order valence-electron chi connectivity index (χ3n) is 10.6. The van der Waals surface area contributed by atoms with E-state index >= 15 is 0 Å². The summed E-state index contributed by atoms with van der Waals surface area (Å²) in [5, 5.41) is 1.92. The summed E-state index contributed by atoms with van der Waals surface area (Å²) in [4.78, 5) is 19.9. The van der Waals surface area contributed by atoms with Gasteiger partial charge >= 0.3 is 0 Å². The monoisotopic (exact) mass is 744 g/mol. The Morgan fingerprint density at radius 3 is 1.50 bits per heavy atom. The fourth-order valence-electron chi connectivity index (χ4n) is 7.69. The van der Waals surface area contributed by atoms with Crippen LogP contribution in [0.25, 0.3) is 112 Å². The van der Waals surface area contributed by atoms with Crippen LogP contribution in [0, 0.1) is 0 Å². The van der Waals surface area contributed by atoms with Crippen LogP contribution in [0.1, 0.15) is 0 Å². The second-order valence-electron chi connectivity index (χ2n) is 14.3. The maximum absolute atomic E-state index is 6.46. The van der Waals surface area contributed by atoms with Gasteiger partial charge in [-0.25, -0.2) is 19.9 Å². The fraction of sp³-hybridized carbons (Fsp3) is 0. The Hall–Kier alpha value is -7.96. The quantitative estimate of drug-likeness (QED) is 0.162. The summed E-state index contributed by atoms with van der Waals surface area (Å²) in [5.74, 6) is 2.38. The average molecular weight is 745 g/mol. The van der Waals surface area contributed by atoms with Crippen molar-refractivity contribution in [3.05, 3.63) is 194 Å². The first-order chi connectivity index (χ1) is 28.7. The van der Waals surface area contributed by atoms with Crippen molar-refractivity contribution < 1.29 is 8.83 Å². The van der Waals surface area contributed by atoms with E-state index in [1.807, 2.05) is 97.1 Å². The van der Waals surface area contributed by atoms with Gasteiger partial charge in [-0.2, -0.15) is 0 Å². The number of hydrogen-bond donors (Lipinski definition) is 0. The third kappa shape index (κ3) is 6.10. The minimum absolute atomic E-state index is 0.579. The predicted octanol–water partition coefficient (Wildman–Crippen LogP) is 13.6. The van der Waals surface area contributed by atoms with Gasteiger partial charge < -0.3 is 8.83 Å². The molecule has 58 heavy (non-hydrogen) atoms. The van der Waals surface area contributed by atoms with Gasteiger partial charge in [-0.1, -0.05) is 146 Å². The van der Waals surface area contributed by atoms with Crippen molar-refractivity contribution >= 4 is 33.0 Å². The second kappa shape index (κ2) is 14.0. The number of benzene rings is 8. The van der Waals surface area contributed by atoms with Crippen LogP contribution in [0.5, 0.6) is 0 Å². The molecule has 272 valence electrons. The Morgan fingerprint density at radius 1 is 0.293 bits per heavy atom. The summed E-state index contributed by atoms with van der Waals surface area (Å²) in [6.45, 7) is 0. The molecule has 6 nitrogen and oxygen atoms in total. The summed E-state index contributed by atoms with van der Waals surface area (Å²) >= 11 is 0. The van der Waals surface area contributed by atoms with E-state index in [9.17, 15) is 0 Å². The van der Waals surface area contributed by atoms with Crippen LogP contribution in [0.4, 0.5) is 0 Å².